The number of aliphatic carboxylic acids is 1. The van der Waals surface area contributed by atoms with Gasteiger partial charge in [-0.15, -0.1) is 11.3 Å². The van der Waals surface area contributed by atoms with Gasteiger partial charge in [-0.2, -0.15) is 13.2 Å². The zero-order chi connectivity index (χ0) is 11.0. The van der Waals surface area contributed by atoms with E-state index in [2.05, 4.69) is 0 Å². The molecule has 0 fully saturated rings. The number of halogens is 3. The Balaban J connectivity index is 3.27. The zero-order valence-corrected chi connectivity index (χ0v) is 7.95. The van der Waals surface area contributed by atoms with Crippen molar-refractivity contribution in [3.63, 3.8) is 0 Å². The first-order valence-electron chi connectivity index (χ1n) is 3.64. The standard InChI is InChI=1S/C8H7F3O2S/c1-7(6(12)13,8(9,10)11)5-3-2-4-14-5/h2-4H,1H3,(H,12,13). The lowest BCUT2D eigenvalue weighted by Gasteiger charge is -2.26. The van der Waals surface area contributed by atoms with Gasteiger partial charge in [0.2, 0.25) is 0 Å². The van der Waals surface area contributed by atoms with Gasteiger partial charge in [0.15, 0.2) is 5.41 Å². The van der Waals surface area contributed by atoms with Gasteiger partial charge in [0.1, 0.15) is 0 Å². The Kier molecular flexibility index (Phi) is 2.58. The maximum absolute atomic E-state index is 12.5. The summed E-state index contributed by atoms with van der Waals surface area (Å²) in [5, 5.41) is 10.0. The van der Waals surface area contributed by atoms with Crippen LogP contribution in [0.4, 0.5) is 13.2 Å². The Morgan fingerprint density at radius 2 is 2.07 bits per heavy atom. The average molecular weight is 224 g/mol. The van der Waals surface area contributed by atoms with Gasteiger partial charge in [-0.25, -0.2) is 0 Å². The molecule has 0 aliphatic heterocycles. The lowest BCUT2D eigenvalue weighted by Crippen LogP contribution is -2.45. The molecule has 78 valence electrons. The minimum absolute atomic E-state index is 0.211. The normalized spacial score (nSPS) is 16.3. The molecule has 0 aromatic carbocycles. The second kappa shape index (κ2) is 3.27. The van der Waals surface area contributed by atoms with E-state index in [0.29, 0.717) is 6.92 Å². The first-order chi connectivity index (χ1) is 6.30. The minimum atomic E-state index is -4.79. The van der Waals surface area contributed by atoms with Crippen molar-refractivity contribution in [2.24, 2.45) is 0 Å². The van der Waals surface area contributed by atoms with E-state index in [0.717, 1.165) is 11.3 Å². The van der Waals surface area contributed by atoms with E-state index in [1.807, 2.05) is 0 Å². The van der Waals surface area contributed by atoms with Crippen LogP contribution in [0.1, 0.15) is 11.8 Å². The first kappa shape index (κ1) is 11.0. The van der Waals surface area contributed by atoms with E-state index in [4.69, 9.17) is 5.11 Å². The summed E-state index contributed by atoms with van der Waals surface area (Å²) in [6.45, 7) is 0.668. The largest absolute Gasteiger partial charge is 0.480 e. The lowest BCUT2D eigenvalue weighted by atomic mass is 9.88. The molecule has 14 heavy (non-hydrogen) atoms. The second-order valence-electron chi connectivity index (χ2n) is 2.91. The molecule has 0 spiro atoms. The second-order valence-corrected chi connectivity index (χ2v) is 3.85. The van der Waals surface area contributed by atoms with Gasteiger partial charge < -0.3 is 5.11 Å². The van der Waals surface area contributed by atoms with Crippen molar-refractivity contribution >= 4 is 17.3 Å². The van der Waals surface area contributed by atoms with Crippen LogP contribution in [-0.4, -0.2) is 17.3 Å². The summed E-state index contributed by atoms with van der Waals surface area (Å²) in [4.78, 5) is 10.4. The van der Waals surface area contributed by atoms with Gasteiger partial charge in [0, 0.05) is 4.88 Å². The van der Waals surface area contributed by atoms with Gasteiger partial charge in [0.05, 0.1) is 0 Å². The van der Waals surface area contributed by atoms with E-state index in [1.165, 1.54) is 17.5 Å². The molecule has 1 atom stereocenters. The Hall–Kier alpha value is -1.04. The van der Waals surface area contributed by atoms with Gasteiger partial charge in [-0.05, 0) is 18.4 Å². The number of hydrogen-bond donors (Lipinski definition) is 1. The fourth-order valence-electron chi connectivity index (χ4n) is 0.929. The molecule has 2 nitrogen and oxygen atoms in total. The molecule has 0 aliphatic carbocycles. The van der Waals surface area contributed by atoms with Crippen molar-refractivity contribution in [1.29, 1.82) is 0 Å². The Bertz CT molecular complexity index is 331. The van der Waals surface area contributed by atoms with Crippen LogP contribution >= 0.6 is 11.3 Å². The summed E-state index contributed by atoms with van der Waals surface area (Å²) in [6.07, 6.45) is -4.79. The van der Waals surface area contributed by atoms with Crippen molar-refractivity contribution in [3.05, 3.63) is 22.4 Å². The highest BCUT2D eigenvalue weighted by Crippen LogP contribution is 2.42. The van der Waals surface area contributed by atoms with Crippen molar-refractivity contribution in [2.75, 3.05) is 0 Å². The summed E-state index contributed by atoms with van der Waals surface area (Å²) in [5.41, 5.74) is -2.80. The molecule has 6 heteroatoms. The molecule has 1 aromatic rings. The maximum atomic E-state index is 12.5. The SMILES string of the molecule is CC(C(=O)O)(c1cccs1)C(F)(F)F. The summed E-state index contributed by atoms with van der Waals surface area (Å²) >= 11 is 0.784. The van der Waals surface area contributed by atoms with Crippen LogP contribution in [-0.2, 0) is 10.2 Å². The predicted molar refractivity (Wildman–Crippen MR) is 45.4 cm³/mol. The zero-order valence-electron chi connectivity index (χ0n) is 7.13. The number of rotatable bonds is 2. The third kappa shape index (κ3) is 1.50. The minimum Gasteiger partial charge on any atom is -0.480 e. The van der Waals surface area contributed by atoms with Crippen LogP contribution in [0.5, 0.6) is 0 Å². The molecule has 0 radical (unpaired) electrons. The summed E-state index contributed by atoms with van der Waals surface area (Å²) in [5.74, 6) is -1.88. The molecule has 0 bridgehead atoms. The van der Waals surface area contributed by atoms with Gasteiger partial charge in [-0.3, -0.25) is 4.79 Å². The van der Waals surface area contributed by atoms with Gasteiger partial charge in [0.25, 0.3) is 0 Å². The van der Waals surface area contributed by atoms with E-state index in [9.17, 15) is 18.0 Å². The molecule has 1 unspecified atom stereocenters. The van der Waals surface area contributed by atoms with Crippen molar-refractivity contribution < 1.29 is 23.1 Å². The quantitative estimate of drug-likeness (QED) is 0.838. The number of carbonyl (C=O) groups is 1. The van der Waals surface area contributed by atoms with Crippen molar-refractivity contribution in [3.8, 4) is 0 Å². The van der Waals surface area contributed by atoms with Crippen molar-refractivity contribution in [1.82, 2.24) is 0 Å². The van der Waals surface area contributed by atoms with Crippen LogP contribution in [0.15, 0.2) is 17.5 Å². The molecule has 1 N–H and O–H groups in total. The van der Waals surface area contributed by atoms with Crippen LogP contribution in [0.3, 0.4) is 0 Å². The topological polar surface area (TPSA) is 37.3 Å². The Morgan fingerprint density at radius 3 is 2.36 bits per heavy atom. The smallest absolute Gasteiger partial charge is 0.409 e. The predicted octanol–water partition coefficient (Wildman–Crippen LogP) is 2.65. The average Bonchev–Trinajstić information content (AvgIpc) is 2.52. The number of thiophene rings is 1. The molecule has 1 rings (SSSR count). The van der Waals surface area contributed by atoms with E-state index in [1.54, 1.807) is 0 Å². The highest BCUT2D eigenvalue weighted by atomic mass is 32.1. The third-order valence-corrected chi connectivity index (χ3v) is 3.10. The van der Waals surface area contributed by atoms with Crippen LogP contribution in [0.2, 0.25) is 0 Å². The molecule has 0 saturated heterocycles. The molecular formula is C8H7F3O2S. The lowest BCUT2D eigenvalue weighted by molar-refractivity contribution is -0.201. The fraction of sp³-hybridized carbons (Fsp3) is 0.375. The summed E-state index contributed by atoms with van der Waals surface area (Å²) in [7, 11) is 0. The molecule has 1 aromatic heterocycles. The molecule has 1 heterocycles. The fourth-order valence-corrected chi connectivity index (χ4v) is 1.83. The number of carboxylic acids is 1. The van der Waals surface area contributed by atoms with Crippen LogP contribution in [0.25, 0.3) is 0 Å². The van der Waals surface area contributed by atoms with Crippen molar-refractivity contribution in [2.45, 2.75) is 18.5 Å². The molecule has 0 amide bonds. The summed E-state index contributed by atoms with van der Waals surface area (Å²) in [6, 6.07) is 2.57. The van der Waals surface area contributed by atoms with E-state index < -0.39 is 17.6 Å². The Morgan fingerprint density at radius 1 is 1.50 bits per heavy atom. The summed E-state index contributed by atoms with van der Waals surface area (Å²) < 4.78 is 37.6. The monoisotopic (exact) mass is 224 g/mol. The molecular weight excluding hydrogens is 217 g/mol. The van der Waals surface area contributed by atoms with Crippen LogP contribution < -0.4 is 0 Å². The van der Waals surface area contributed by atoms with Gasteiger partial charge >= 0.3 is 12.1 Å². The number of carboxylic acid groups (broad SMARTS) is 1. The Labute approximate surface area is 82.0 Å². The number of alkyl halides is 3. The maximum Gasteiger partial charge on any atom is 0.409 e. The highest BCUT2D eigenvalue weighted by molar-refractivity contribution is 7.10. The third-order valence-electron chi connectivity index (χ3n) is 2.01. The molecule has 0 saturated carbocycles. The van der Waals surface area contributed by atoms with E-state index >= 15 is 0 Å². The van der Waals surface area contributed by atoms with Crippen LogP contribution in [0, 0.1) is 0 Å². The number of hydrogen-bond acceptors (Lipinski definition) is 2. The molecule has 0 aliphatic rings. The highest BCUT2D eigenvalue weighted by Gasteiger charge is 2.59. The van der Waals surface area contributed by atoms with Gasteiger partial charge in [-0.1, -0.05) is 6.07 Å². The first-order valence-corrected chi connectivity index (χ1v) is 4.52. The van der Waals surface area contributed by atoms with E-state index in [-0.39, 0.29) is 4.88 Å².